The zero-order valence-corrected chi connectivity index (χ0v) is 7.54. The minimum atomic E-state index is -1.44. The molecule has 0 aliphatic carbocycles. The highest BCUT2D eigenvalue weighted by Gasteiger charge is 2.11. The quantitative estimate of drug-likeness (QED) is 0.640. The highest BCUT2D eigenvalue weighted by molar-refractivity contribution is 9.10. The van der Waals surface area contributed by atoms with Crippen LogP contribution in [0.25, 0.3) is 0 Å². The molecule has 58 valence electrons. The van der Waals surface area contributed by atoms with Gasteiger partial charge in [0.2, 0.25) is 0 Å². The smallest absolute Gasteiger partial charge is 0.423 e. The summed E-state index contributed by atoms with van der Waals surface area (Å²) in [6.45, 7) is 1.83. The number of aryl methyl sites for hydroxylation is 1. The molecular formula is C6H7BBrNO2. The van der Waals surface area contributed by atoms with Gasteiger partial charge in [-0.1, -0.05) is 0 Å². The van der Waals surface area contributed by atoms with Crippen LogP contribution in [0.5, 0.6) is 0 Å². The summed E-state index contributed by atoms with van der Waals surface area (Å²) in [4.78, 5) is 3.93. The molecule has 3 nitrogen and oxygen atoms in total. The van der Waals surface area contributed by atoms with Gasteiger partial charge < -0.3 is 10.0 Å². The highest BCUT2D eigenvalue weighted by Crippen LogP contribution is 2.10. The minimum Gasteiger partial charge on any atom is -0.423 e. The van der Waals surface area contributed by atoms with Crippen LogP contribution in [0.2, 0.25) is 0 Å². The van der Waals surface area contributed by atoms with Crippen LogP contribution in [0.4, 0.5) is 0 Å². The molecule has 0 radical (unpaired) electrons. The van der Waals surface area contributed by atoms with Crippen molar-refractivity contribution in [3.8, 4) is 0 Å². The molecule has 2 N–H and O–H groups in total. The molecule has 5 heteroatoms. The lowest BCUT2D eigenvalue weighted by atomic mass is 9.82. The van der Waals surface area contributed by atoms with Gasteiger partial charge in [-0.3, -0.25) is 4.98 Å². The topological polar surface area (TPSA) is 53.4 Å². The number of halogens is 1. The number of hydrogen-bond acceptors (Lipinski definition) is 3. The largest absolute Gasteiger partial charge is 0.490 e. The molecule has 0 spiro atoms. The molecular weight excluding hydrogens is 209 g/mol. The van der Waals surface area contributed by atoms with Crippen LogP contribution in [0.3, 0.4) is 0 Å². The monoisotopic (exact) mass is 215 g/mol. The molecule has 1 aromatic rings. The Morgan fingerprint density at radius 1 is 1.55 bits per heavy atom. The van der Waals surface area contributed by atoms with E-state index in [2.05, 4.69) is 20.9 Å². The van der Waals surface area contributed by atoms with Gasteiger partial charge in [0.25, 0.3) is 0 Å². The molecule has 0 aliphatic rings. The van der Waals surface area contributed by atoms with E-state index in [0.717, 1.165) is 10.2 Å². The molecule has 11 heavy (non-hydrogen) atoms. The summed E-state index contributed by atoms with van der Waals surface area (Å²) < 4.78 is 0.781. The molecule has 0 fully saturated rings. The molecule has 1 rings (SSSR count). The zero-order valence-electron chi connectivity index (χ0n) is 5.95. The number of aromatic nitrogens is 1. The lowest BCUT2D eigenvalue weighted by Crippen LogP contribution is -2.30. The predicted octanol–water partition coefficient (Wildman–Crippen LogP) is -0.168. The summed E-state index contributed by atoms with van der Waals surface area (Å²) in [5.74, 6) is 0. The van der Waals surface area contributed by atoms with Crippen molar-refractivity contribution in [2.24, 2.45) is 0 Å². The van der Waals surface area contributed by atoms with Gasteiger partial charge in [-0.15, -0.1) is 0 Å². The molecule has 0 atom stereocenters. The summed E-state index contributed by atoms with van der Waals surface area (Å²) in [5.41, 5.74) is 1.22. The first-order chi connectivity index (χ1) is 5.11. The van der Waals surface area contributed by atoms with Crippen LogP contribution in [0, 0.1) is 6.92 Å². The average molecular weight is 216 g/mol. The molecule has 0 aromatic carbocycles. The van der Waals surface area contributed by atoms with E-state index in [9.17, 15) is 0 Å². The van der Waals surface area contributed by atoms with E-state index in [4.69, 9.17) is 10.0 Å². The number of hydrogen-bond donors (Lipinski definition) is 2. The van der Waals surface area contributed by atoms with Crippen molar-refractivity contribution in [3.63, 3.8) is 0 Å². The summed E-state index contributed by atoms with van der Waals surface area (Å²) in [7, 11) is -1.44. The summed E-state index contributed by atoms with van der Waals surface area (Å²) in [5, 5.41) is 17.5. The van der Waals surface area contributed by atoms with Gasteiger partial charge in [-0.2, -0.15) is 0 Å². The van der Waals surface area contributed by atoms with E-state index in [1.807, 2.05) is 6.92 Å². The maximum atomic E-state index is 8.73. The fraction of sp³-hybridized carbons (Fsp3) is 0.167. The molecule has 0 amide bonds. The van der Waals surface area contributed by atoms with Gasteiger partial charge in [0.05, 0.1) is 5.69 Å². The van der Waals surface area contributed by atoms with E-state index in [-0.39, 0.29) is 0 Å². The Labute approximate surface area is 73.4 Å². The second kappa shape index (κ2) is 3.34. The van der Waals surface area contributed by atoms with E-state index in [0.29, 0.717) is 5.46 Å². The van der Waals surface area contributed by atoms with Crippen LogP contribution >= 0.6 is 15.9 Å². The fourth-order valence-corrected chi connectivity index (χ4v) is 1.03. The van der Waals surface area contributed by atoms with Gasteiger partial charge in [-0.05, 0) is 28.9 Å². The third-order valence-electron chi connectivity index (χ3n) is 1.34. The van der Waals surface area contributed by atoms with Crippen molar-refractivity contribution < 1.29 is 10.0 Å². The molecule has 0 aliphatic heterocycles. The number of pyridine rings is 1. The molecule has 1 aromatic heterocycles. The van der Waals surface area contributed by atoms with Crippen molar-refractivity contribution >= 4 is 28.5 Å². The number of rotatable bonds is 1. The number of nitrogens with zero attached hydrogens (tertiary/aromatic N) is 1. The standard InChI is InChI=1S/C6H7BBrNO2/c1-4-6(8)2-5(3-9-4)7(10)11/h2-3,10-11H,1H3. The van der Waals surface area contributed by atoms with Gasteiger partial charge in [0, 0.05) is 16.1 Å². The maximum absolute atomic E-state index is 8.73. The second-order valence-corrected chi connectivity index (χ2v) is 3.06. The highest BCUT2D eigenvalue weighted by atomic mass is 79.9. The van der Waals surface area contributed by atoms with E-state index in [1.165, 1.54) is 6.20 Å². The summed E-state index contributed by atoms with van der Waals surface area (Å²) in [6.07, 6.45) is 1.44. The SMILES string of the molecule is Cc1ncc(B(O)O)cc1Br. The first-order valence-corrected chi connectivity index (χ1v) is 3.88. The first-order valence-electron chi connectivity index (χ1n) is 3.09. The molecule has 0 saturated heterocycles. The fourth-order valence-electron chi connectivity index (χ4n) is 0.662. The Balaban J connectivity index is 3.05. The van der Waals surface area contributed by atoms with E-state index < -0.39 is 7.12 Å². The van der Waals surface area contributed by atoms with Crippen LogP contribution in [0.1, 0.15) is 5.69 Å². The minimum absolute atomic E-state index is 0.391. The molecule has 0 unspecified atom stereocenters. The first kappa shape index (κ1) is 8.71. The Kier molecular flexibility index (Phi) is 2.65. The molecule has 0 saturated carbocycles. The van der Waals surface area contributed by atoms with Gasteiger partial charge >= 0.3 is 7.12 Å². The third kappa shape index (κ3) is 2.02. The van der Waals surface area contributed by atoms with Crippen molar-refractivity contribution in [2.75, 3.05) is 0 Å². The maximum Gasteiger partial charge on any atom is 0.490 e. The molecule has 1 heterocycles. The van der Waals surface area contributed by atoms with Crippen molar-refractivity contribution in [2.45, 2.75) is 6.92 Å². The van der Waals surface area contributed by atoms with Crippen molar-refractivity contribution in [1.29, 1.82) is 0 Å². The Hall–Kier alpha value is -0.385. The van der Waals surface area contributed by atoms with Gasteiger partial charge in [0.15, 0.2) is 0 Å². The predicted molar refractivity (Wildman–Crippen MR) is 46.5 cm³/mol. The lowest BCUT2D eigenvalue weighted by molar-refractivity contribution is 0.425. The average Bonchev–Trinajstić information content (AvgIpc) is 1.94. The normalized spacial score (nSPS) is 9.82. The lowest BCUT2D eigenvalue weighted by Gasteiger charge is -2.00. The van der Waals surface area contributed by atoms with E-state index >= 15 is 0 Å². The van der Waals surface area contributed by atoms with Gasteiger partial charge in [-0.25, -0.2) is 0 Å². The zero-order chi connectivity index (χ0) is 8.43. The third-order valence-corrected chi connectivity index (χ3v) is 2.15. The Morgan fingerprint density at radius 2 is 2.18 bits per heavy atom. The van der Waals surface area contributed by atoms with E-state index in [1.54, 1.807) is 6.07 Å². The van der Waals surface area contributed by atoms with Crippen LogP contribution in [-0.2, 0) is 0 Å². The van der Waals surface area contributed by atoms with Crippen LogP contribution in [-0.4, -0.2) is 22.2 Å². The van der Waals surface area contributed by atoms with Crippen LogP contribution in [0.15, 0.2) is 16.7 Å². The van der Waals surface area contributed by atoms with Gasteiger partial charge in [0.1, 0.15) is 0 Å². The van der Waals surface area contributed by atoms with Crippen molar-refractivity contribution in [3.05, 3.63) is 22.4 Å². The van der Waals surface area contributed by atoms with Crippen molar-refractivity contribution in [1.82, 2.24) is 4.98 Å². The van der Waals surface area contributed by atoms with Crippen LogP contribution < -0.4 is 5.46 Å². The molecule has 0 bridgehead atoms. The Morgan fingerprint density at radius 3 is 2.64 bits per heavy atom. The summed E-state index contributed by atoms with van der Waals surface area (Å²) in [6, 6.07) is 1.63. The Bertz CT molecular complexity index is 267. The second-order valence-electron chi connectivity index (χ2n) is 2.21. The summed E-state index contributed by atoms with van der Waals surface area (Å²) >= 11 is 3.23.